The fraction of sp³-hybridized carbons (Fsp3) is 0.440. The first kappa shape index (κ1) is 27.4. The number of nitrogens with zero attached hydrogens (tertiary/aromatic N) is 4. The van der Waals surface area contributed by atoms with Gasteiger partial charge >= 0.3 is 5.97 Å². The third kappa shape index (κ3) is 5.76. The Morgan fingerprint density at radius 1 is 1.16 bits per heavy atom. The number of hydrogen-bond donors (Lipinski definition) is 4. The lowest BCUT2D eigenvalue weighted by Crippen LogP contribution is -2.61. The average Bonchev–Trinajstić information content (AvgIpc) is 3.24. The summed E-state index contributed by atoms with van der Waals surface area (Å²) in [6, 6.07) is 11.3. The summed E-state index contributed by atoms with van der Waals surface area (Å²) in [5.41, 5.74) is 2.16. The maximum Gasteiger partial charge on any atom is 0.335 e. The van der Waals surface area contributed by atoms with E-state index in [4.69, 9.17) is 9.47 Å². The lowest BCUT2D eigenvalue weighted by atomic mass is 9.99. The van der Waals surface area contributed by atoms with Gasteiger partial charge in [-0.1, -0.05) is 19.1 Å². The average molecular weight is 531 g/mol. The highest BCUT2D eigenvalue weighted by atomic mass is 16.7. The molecule has 1 saturated heterocycles. The molecule has 2 aromatic carbocycles. The molecule has 4 N–H and O–H groups in total. The first-order valence-electron chi connectivity index (χ1n) is 12.1. The Hall–Kier alpha value is -3.62. The zero-order chi connectivity index (χ0) is 27.6. The van der Waals surface area contributed by atoms with E-state index < -0.39 is 41.6 Å². The summed E-state index contributed by atoms with van der Waals surface area (Å²) in [7, 11) is 2.01. The van der Waals surface area contributed by atoms with E-state index in [9.17, 15) is 35.3 Å². The molecule has 0 radical (unpaired) electrons. The Balaban J connectivity index is 1.53. The minimum atomic E-state index is -1.80. The summed E-state index contributed by atoms with van der Waals surface area (Å²) in [6.07, 6.45) is -8.06. The second kappa shape index (κ2) is 11.4. The van der Waals surface area contributed by atoms with Gasteiger partial charge in [0.2, 0.25) is 6.29 Å². The molecule has 13 nitrogen and oxygen atoms in total. The topological polar surface area (TPSA) is 181 Å². The molecule has 3 aromatic rings. The van der Waals surface area contributed by atoms with E-state index in [1.54, 1.807) is 30.3 Å². The van der Waals surface area contributed by atoms with Crippen LogP contribution in [0.25, 0.3) is 11.0 Å². The number of aliphatic hydroxyl groups excluding tert-OH is 3. The van der Waals surface area contributed by atoms with Crippen molar-refractivity contribution in [3.63, 3.8) is 0 Å². The SMILES string of the molecule is CCN(C)CCn1c(Cc2ccc(O[C@@H]3O[C@H](C(=O)O)[C@@H](O)[C@H](O)[C@H]3O)cc2)nc2cc([N+](=O)[O-])ccc21. The maximum absolute atomic E-state index is 11.3. The first-order valence-corrected chi connectivity index (χ1v) is 12.1. The second-order valence-electron chi connectivity index (χ2n) is 9.18. The summed E-state index contributed by atoms with van der Waals surface area (Å²) in [6.45, 7) is 4.34. The van der Waals surface area contributed by atoms with Crippen LogP contribution >= 0.6 is 0 Å². The van der Waals surface area contributed by atoms with E-state index >= 15 is 0 Å². The minimum Gasteiger partial charge on any atom is -0.479 e. The van der Waals surface area contributed by atoms with E-state index in [1.807, 2.05) is 11.6 Å². The Labute approximate surface area is 217 Å². The number of imidazole rings is 1. The Kier molecular flexibility index (Phi) is 8.23. The van der Waals surface area contributed by atoms with Crippen molar-refractivity contribution in [2.75, 3.05) is 20.1 Å². The smallest absolute Gasteiger partial charge is 0.335 e. The predicted octanol–water partition coefficient (Wildman–Crippen LogP) is 0.758. The van der Waals surface area contributed by atoms with Crippen LogP contribution in [0.5, 0.6) is 5.75 Å². The molecule has 0 bridgehead atoms. The molecule has 38 heavy (non-hydrogen) atoms. The first-order chi connectivity index (χ1) is 18.1. The lowest BCUT2D eigenvalue weighted by Gasteiger charge is -2.38. The standard InChI is InChI=1S/C25H30N4O9/c1-3-27(2)10-11-28-18-9-6-15(29(35)36)13-17(18)26-19(28)12-14-4-7-16(8-5-14)37-25-22(32)20(30)21(31)23(38-25)24(33)34/h4-9,13,20-23,25,30-32H,3,10-12H2,1-2H3,(H,33,34)/t20-,21-,22+,23-,25+/m0/s1. The van der Waals surface area contributed by atoms with Gasteiger partial charge in [-0.15, -0.1) is 0 Å². The Morgan fingerprint density at radius 2 is 1.87 bits per heavy atom. The third-order valence-corrected chi connectivity index (χ3v) is 6.62. The molecule has 0 unspecified atom stereocenters. The quantitative estimate of drug-likeness (QED) is 0.215. The number of aromatic nitrogens is 2. The van der Waals surface area contributed by atoms with Crippen molar-refractivity contribution in [3.05, 3.63) is 64.0 Å². The molecule has 0 spiro atoms. The number of aliphatic carboxylic acids is 1. The van der Waals surface area contributed by atoms with Crippen LogP contribution in [0.1, 0.15) is 18.3 Å². The van der Waals surface area contributed by atoms with E-state index in [1.165, 1.54) is 12.1 Å². The highest BCUT2D eigenvalue weighted by Gasteiger charge is 2.48. The predicted molar refractivity (Wildman–Crippen MR) is 134 cm³/mol. The number of rotatable bonds is 10. The normalized spacial score (nSPS) is 23.6. The van der Waals surface area contributed by atoms with Gasteiger partial charge in [0.25, 0.3) is 5.69 Å². The van der Waals surface area contributed by atoms with Crippen LogP contribution in [0.15, 0.2) is 42.5 Å². The highest BCUT2D eigenvalue weighted by molar-refractivity contribution is 5.79. The number of likely N-dealkylation sites (N-methyl/N-ethyl adjacent to an activating group) is 1. The van der Waals surface area contributed by atoms with Gasteiger partial charge in [-0.3, -0.25) is 10.1 Å². The zero-order valence-electron chi connectivity index (χ0n) is 20.9. The van der Waals surface area contributed by atoms with Gasteiger partial charge in [0.05, 0.1) is 16.0 Å². The number of ether oxygens (including phenoxy) is 2. The van der Waals surface area contributed by atoms with Crippen molar-refractivity contribution in [2.45, 2.75) is 50.6 Å². The molecular weight excluding hydrogens is 500 g/mol. The highest BCUT2D eigenvalue weighted by Crippen LogP contribution is 2.27. The van der Waals surface area contributed by atoms with Crippen molar-refractivity contribution < 1.29 is 39.6 Å². The summed E-state index contributed by atoms with van der Waals surface area (Å²) < 4.78 is 12.8. The molecule has 1 aromatic heterocycles. The van der Waals surface area contributed by atoms with Crippen molar-refractivity contribution in [3.8, 4) is 5.75 Å². The number of nitro groups is 1. The van der Waals surface area contributed by atoms with Crippen molar-refractivity contribution >= 4 is 22.7 Å². The van der Waals surface area contributed by atoms with Gasteiger partial charge in [0.1, 0.15) is 29.9 Å². The molecule has 1 aliphatic heterocycles. The van der Waals surface area contributed by atoms with Crippen molar-refractivity contribution in [1.29, 1.82) is 0 Å². The minimum absolute atomic E-state index is 0.0317. The van der Waals surface area contributed by atoms with E-state index in [2.05, 4.69) is 16.8 Å². The third-order valence-electron chi connectivity index (χ3n) is 6.62. The number of benzene rings is 2. The lowest BCUT2D eigenvalue weighted by molar-refractivity contribution is -0.384. The Bertz CT molecular complexity index is 1300. The fourth-order valence-corrected chi connectivity index (χ4v) is 4.25. The van der Waals surface area contributed by atoms with E-state index in [-0.39, 0.29) is 11.4 Å². The molecule has 0 saturated carbocycles. The molecule has 1 fully saturated rings. The summed E-state index contributed by atoms with van der Waals surface area (Å²) in [5.74, 6) is -0.518. The molecule has 5 atom stereocenters. The largest absolute Gasteiger partial charge is 0.479 e. The van der Waals surface area contributed by atoms with Crippen LogP contribution in [0.4, 0.5) is 5.69 Å². The molecular formula is C25H30N4O9. The van der Waals surface area contributed by atoms with Gasteiger partial charge in [0.15, 0.2) is 6.10 Å². The number of non-ortho nitro benzene ring substituents is 1. The van der Waals surface area contributed by atoms with Crippen LogP contribution in [-0.4, -0.2) is 96.6 Å². The molecule has 2 heterocycles. The molecule has 204 valence electrons. The number of carbonyl (C=O) groups is 1. The van der Waals surface area contributed by atoms with Gasteiger partial charge in [-0.05, 0) is 37.4 Å². The summed E-state index contributed by atoms with van der Waals surface area (Å²) in [4.78, 5) is 28.9. The zero-order valence-corrected chi connectivity index (χ0v) is 20.9. The summed E-state index contributed by atoms with van der Waals surface area (Å²) >= 11 is 0. The monoisotopic (exact) mass is 530 g/mol. The number of fused-ring (bicyclic) bond motifs is 1. The molecule has 13 heteroatoms. The number of carboxylic acids is 1. The maximum atomic E-state index is 11.3. The van der Waals surface area contributed by atoms with E-state index in [0.29, 0.717) is 18.5 Å². The van der Waals surface area contributed by atoms with Crippen molar-refractivity contribution in [2.24, 2.45) is 0 Å². The second-order valence-corrected chi connectivity index (χ2v) is 9.18. The van der Waals surface area contributed by atoms with Crippen LogP contribution < -0.4 is 4.74 Å². The number of aliphatic hydroxyl groups is 3. The molecule has 4 rings (SSSR count). The Morgan fingerprint density at radius 3 is 2.50 bits per heavy atom. The van der Waals surface area contributed by atoms with Gasteiger partial charge < -0.3 is 39.4 Å². The van der Waals surface area contributed by atoms with Crippen molar-refractivity contribution in [1.82, 2.24) is 14.5 Å². The molecule has 0 aliphatic carbocycles. The van der Waals surface area contributed by atoms with Crippen LogP contribution in [0, 0.1) is 10.1 Å². The molecule has 0 amide bonds. The van der Waals surface area contributed by atoms with E-state index in [0.717, 1.165) is 30.0 Å². The van der Waals surface area contributed by atoms with Crippen LogP contribution in [-0.2, 0) is 22.5 Å². The molecule has 1 aliphatic rings. The number of nitro benzene ring substituents is 1. The summed E-state index contributed by atoms with van der Waals surface area (Å²) in [5, 5.41) is 50.4. The fourth-order valence-electron chi connectivity index (χ4n) is 4.25. The van der Waals surface area contributed by atoms with Gasteiger partial charge in [-0.25, -0.2) is 9.78 Å². The van der Waals surface area contributed by atoms with Crippen LogP contribution in [0.2, 0.25) is 0 Å². The number of carboxylic acid groups (broad SMARTS) is 1. The van der Waals surface area contributed by atoms with Gasteiger partial charge in [-0.2, -0.15) is 0 Å². The van der Waals surface area contributed by atoms with Crippen LogP contribution in [0.3, 0.4) is 0 Å². The number of hydrogen-bond acceptors (Lipinski definition) is 10. The van der Waals surface area contributed by atoms with Gasteiger partial charge in [0, 0.05) is 31.6 Å².